The Bertz CT molecular complexity index is 99.2. The summed E-state index contributed by atoms with van der Waals surface area (Å²) < 4.78 is 31.6. The molecular weight excluding hydrogens is 289 g/mol. The summed E-state index contributed by atoms with van der Waals surface area (Å²) in [5, 5.41) is 0. The maximum absolute atomic E-state index is 8.74. The second kappa shape index (κ2) is 9.84. The predicted molar refractivity (Wildman–Crippen MR) is 26.3 cm³/mol. The van der Waals surface area contributed by atoms with Gasteiger partial charge < -0.3 is 6.15 Å². The number of hydrogen-bond donors (Lipinski definition) is 3. The Morgan fingerprint density at radius 3 is 1.12 bits per heavy atom. The van der Waals surface area contributed by atoms with Crippen LogP contribution in [0.1, 0.15) is 0 Å². The fourth-order valence-electron chi connectivity index (χ4n) is 0. The van der Waals surface area contributed by atoms with Crippen molar-refractivity contribution in [2.45, 2.75) is 0 Å². The summed E-state index contributed by atoms with van der Waals surface area (Å²) in [7, 11) is -4.67. The SMILES string of the molecule is N.O=S(=O)(O)O.[Ce].[KH]. The van der Waals surface area contributed by atoms with Crippen LogP contribution in [0.4, 0.5) is 0 Å². The van der Waals surface area contributed by atoms with Crippen molar-refractivity contribution in [3.63, 3.8) is 0 Å². The van der Waals surface area contributed by atoms with Crippen LogP contribution in [0.5, 0.6) is 0 Å². The fourth-order valence-corrected chi connectivity index (χ4v) is 0. The van der Waals surface area contributed by atoms with Gasteiger partial charge in [0.2, 0.25) is 0 Å². The van der Waals surface area contributed by atoms with Crippen LogP contribution in [0.2, 0.25) is 0 Å². The Hall–Kier alpha value is 2.84. The molecule has 0 rings (SSSR count). The van der Waals surface area contributed by atoms with Gasteiger partial charge >= 0.3 is 61.8 Å². The van der Waals surface area contributed by atoms with Gasteiger partial charge in [0.25, 0.3) is 0 Å². The zero-order valence-electron chi connectivity index (χ0n) is 3.33. The fraction of sp³-hybridized carbons (Fsp3) is 0. The summed E-state index contributed by atoms with van der Waals surface area (Å²) in [5.41, 5.74) is 0. The van der Waals surface area contributed by atoms with Gasteiger partial charge in [0.1, 0.15) is 0 Å². The quantitative estimate of drug-likeness (QED) is 0.386. The first-order chi connectivity index (χ1) is 2.00. The average Bonchev–Trinajstić information content (AvgIpc) is 0.722. The van der Waals surface area contributed by atoms with E-state index in [9.17, 15) is 0 Å². The second-order valence-corrected chi connectivity index (χ2v) is 1.34. The van der Waals surface area contributed by atoms with E-state index in [1.54, 1.807) is 0 Å². The zero-order valence-corrected chi connectivity index (χ0v) is 7.28. The van der Waals surface area contributed by atoms with Crippen LogP contribution >= 0.6 is 0 Å². The molecule has 0 aromatic rings. The molecule has 0 saturated heterocycles. The molecule has 0 aliphatic carbocycles. The Morgan fingerprint density at radius 1 is 1.12 bits per heavy atom. The Morgan fingerprint density at radius 2 is 1.12 bits per heavy atom. The molecule has 0 bridgehead atoms. The molecule has 0 aromatic heterocycles. The predicted octanol–water partition coefficient (Wildman–Crippen LogP) is -1.14. The molecule has 5 N–H and O–H groups in total. The molecule has 0 aliphatic heterocycles. The van der Waals surface area contributed by atoms with Gasteiger partial charge in [0, 0.05) is 41.7 Å². The third-order valence-electron chi connectivity index (χ3n) is 0. The van der Waals surface area contributed by atoms with E-state index in [0.29, 0.717) is 0 Å². The Labute approximate surface area is 124 Å². The summed E-state index contributed by atoms with van der Waals surface area (Å²) >= 11 is 0. The zero-order chi connectivity index (χ0) is 4.50. The van der Waals surface area contributed by atoms with E-state index < -0.39 is 10.4 Å². The summed E-state index contributed by atoms with van der Waals surface area (Å²) in [6.07, 6.45) is 0. The first-order valence-electron chi connectivity index (χ1n) is 0.698. The van der Waals surface area contributed by atoms with Crippen molar-refractivity contribution >= 4 is 61.8 Å². The van der Waals surface area contributed by atoms with Crippen molar-refractivity contribution in [2.75, 3.05) is 0 Å². The molecule has 0 spiro atoms. The summed E-state index contributed by atoms with van der Waals surface area (Å²) in [5.74, 6) is 0. The summed E-state index contributed by atoms with van der Waals surface area (Å²) in [4.78, 5) is 0. The van der Waals surface area contributed by atoms with E-state index in [-0.39, 0.29) is 99.3 Å². The van der Waals surface area contributed by atoms with Gasteiger partial charge in [-0.3, -0.25) is 9.11 Å². The van der Waals surface area contributed by atoms with E-state index in [1.165, 1.54) is 0 Å². The maximum atomic E-state index is 8.74. The van der Waals surface area contributed by atoms with Gasteiger partial charge in [-0.15, -0.1) is 0 Å². The molecule has 0 aliphatic rings. The third-order valence-corrected chi connectivity index (χ3v) is 0. The Balaban J connectivity index is -0.0000000267. The van der Waals surface area contributed by atoms with Gasteiger partial charge in [0.15, 0.2) is 0 Å². The monoisotopic (exact) mass is 295 g/mol. The van der Waals surface area contributed by atoms with Crippen molar-refractivity contribution < 1.29 is 59.3 Å². The standard InChI is InChI=1S/Ce.K.H3N.H2O4S.H/c;;;1-5(2,3)4;/h;;1H3;(H2,1,2,3,4);. The van der Waals surface area contributed by atoms with Gasteiger partial charge in [0.05, 0.1) is 0 Å². The molecule has 0 unspecified atom stereocenters. The van der Waals surface area contributed by atoms with Crippen LogP contribution in [0.25, 0.3) is 0 Å². The third kappa shape index (κ3) is 67.3. The molecule has 0 fully saturated rings. The average molecular weight is 295 g/mol. The molecule has 46 valence electrons. The van der Waals surface area contributed by atoms with Crippen molar-refractivity contribution in [3.05, 3.63) is 0 Å². The molecule has 8 heteroatoms. The van der Waals surface area contributed by atoms with Gasteiger partial charge in [-0.1, -0.05) is 0 Å². The summed E-state index contributed by atoms with van der Waals surface area (Å²) in [6, 6.07) is 0. The van der Waals surface area contributed by atoms with Crippen LogP contribution in [0, 0.1) is 41.7 Å². The van der Waals surface area contributed by atoms with Crippen molar-refractivity contribution in [1.82, 2.24) is 6.15 Å². The Kier molecular flexibility index (Phi) is 27.6. The number of rotatable bonds is 0. The first kappa shape index (κ1) is 22.4. The topological polar surface area (TPSA) is 110 Å². The van der Waals surface area contributed by atoms with Crippen LogP contribution in [-0.2, 0) is 10.4 Å². The van der Waals surface area contributed by atoms with Crippen molar-refractivity contribution in [3.8, 4) is 0 Å². The molecule has 0 radical (unpaired) electrons. The minimum absolute atomic E-state index is 0. The van der Waals surface area contributed by atoms with Crippen LogP contribution in [-0.4, -0.2) is 68.9 Å². The van der Waals surface area contributed by atoms with Crippen molar-refractivity contribution in [1.29, 1.82) is 0 Å². The first-order valence-corrected chi connectivity index (χ1v) is 2.10. The van der Waals surface area contributed by atoms with Gasteiger partial charge in [-0.25, -0.2) is 0 Å². The van der Waals surface area contributed by atoms with Gasteiger partial charge in [-0.2, -0.15) is 8.42 Å². The second-order valence-electron chi connectivity index (χ2n) is 0.448. The molecule has 8 heavy (non-hydrogen) atoms. The molecule has 0 atom stereocenters. The molecular formula is H6CeKNO4S. The van der Waals surface area contributed by atoms with Crippen LogP contribution in [0.3, 0.4) is 0 Å². The minimum atomic E-state index is -4.67. The normalized spacial score (nSPS) is 7.25. The molecule has 0 saturated carbocycles. The van der Waals surface area contributed by atoms with Crippen LogP contribution in [0.15, 0.2) is 0 Å². The van der Waals surface area contributed by atoms with E-state index in [0.717, 1.165) is 0 Å². The molecule has 5 nitrogen and oxygen atoms in total. The van der Waals surface area contributed by atoms with E-state index in [1.807, 2.05) is 0 Å². The number of hydrogen-bond acceptors (Lipinski definition) is 3. The molecule has 0 heterocycles. The van der Waals surface area contributed by atoms with Crippen molar-refractivity contribution in [2.24, 2.45) is 0 Å². The molecule has 0 aromatic carbocycles. The van der Waals surface area contributed by atoms with Crippen LogP contribution < -0.4 is 6.15 Å². The van der Waals surface area contributed by atoms with E-state index >= 15 is 0 Å². The van der Waals surface area contributed by atoms with E-state index in [2.05, 4.69) is 0 Å². The van der Waals surface area contributed by atoms with Gasteiger partial charge in [-0.05, 0) is 0 Å². The molecule has 0 amide bonds. The summed E-state index contributed by atoms with van der Waals surface area (Å²) in [6.45, 7) is 0. The van der Waals surface area contributed by atoms with E-state index in [4.69, 9.17) is 17.5 Å².